The van der Waals surface area contributed by atoms with Gasteiger partial charge in [0.2, 0.25) is 0 Å². The number of halogens is 2. The lowest BCUT2D eigenvalue weighted by Gasteiger charge is -2.14. The van der Waals surface area contributed by atoms with Gasteiger partial charge in [-0.25, -0.2) is 4.98 Å². The molecule has 0 spiro atoms. The summed E-state index contributed by atoms with van der Waals surface area (Å²) in [6, 6.07) is 9.29. The summed E-state index contributed by atoms with van der Waals surface area (Å²) in [5.41, 5.74) is 6.44. The molecule has 1 aliphatic rings. The van der Waals surface area contributed by atoms with Crippen LogP contribution in [0.2, 0.25) is 0 Å². The molecule has 1 aromatic carbocycles. The highest BCUT2D eigenvalue weighted by Gasteiger charge is 2.24. The van der Waals surface area contributed by atoms with Crippen molar-refractivity contribution in [1.82, 2.24) is 14.5 Å². The molecule has 0 aliphatic carbocycles. The van der Waals surface area contributed by atoms with Gasteiger partial charge in [-0.1, -0.05) is 0 Å². The van der Waals surface area contributed by atoms with Crippen LogP contribution >= 0.6 is 0 Å². The van der Waals surface area contributed by atoms with Crippen LogP contribution < -0.4 is 4.74 Å². The standard InChI is InChI=1S/C23H25F2N3O2/c1-13-9-17(5-6-20(13)30-23(24)25)22-27-21(18-10-14(2)26-15(3)11-18)19-7-8-29-16(4)12-28(19)22/h5-6,9-11,16,23H,7-8,12H2,1-4H3/t16-/m1/s1. The molecule has 0 fully saturated rings. The van der Waals surface area contributed by atoms with Gasteiger partial charge >= 0.3 is 6.61 Å². The number of alkyl halides is 2. The first-order valence-electron chi connectivity index (χ1n) is 10.0. The Morgan fingerprint density at radius 1 is 1.07 bits per heavy atom. The Morgan fingerprint density at radius 3 is 2.47 bits per heavy atom. The van der Waals surface area contributed by atoms with E-state index < -0.39 is 6.61 Å². The van der Waals surface area contributed by atoms with Crippen molar-refractivity contribution in [1.29, 1.82) is 0 Å². The lowest BCUT2D eigenvalue weighted by Crippen LogP contribution is -2.15. The molecule has 2 aromatic heterocycles. The van der Waals surface area contributed by atoms with Gasteiger partial charge in [-0.2, -0.15) is 8.78 Å². The average molecular weight is 413 g/mol. The van der Waals surface area contributed by atoms with E-state index in [1.54, 1.807) is 19.1 Å². The van der Waals surface area contributed by atoms with E-state index in [1.807, 2.05) is 39.0 Å². The first-order chi connectivity index (χ1) is 14.3. The summed E-state index contributed by atoms with van der Waals surface area (Å²) < 4.78 is 38.0. The highest BCUT2D eigenvalue weighted by Crippen LogP contribution is 2.34. The molecular weight excluding hydrogens is 388 g/mol. The SMILES string of the molecule is Cc1cc(-c2nc(-c3ccc(OC(F)F)c(C)c3)n3c2CCO[C@H](C)C3)cc(C)n1. The molecule has 5 nitrogen and oxygen atoms in total. The van der Waals surface area contributed by atoms with Crippen LogP contribution in [0.3, 0.4) is 0 Å². The molecule has 1 aliphatic heterocycles. The van der Waals surface area contributed by atoms with E-state index in [0.29, 0.717) is 18.7 Å². The number of imidazole rings is 1. The lowest BCUT2D eigenvalue weighted by atomic mass is 10.1. The van der Waals surface area contributed by atoms with Crippen LogP contribution in [0, 0.1) is 20.8 Å². The number of nitrogens with zero attached hydrogens (tertiary/aromatic N) is 3. The van der Waals surface area contributed by atoms with Crippen molar-refractivity contribution in [2.45, 2.75) is 53.4 Å². The third-order valence-corrected chi connectivity index (χ3v) is 5.26. The van der Waals surface area contributed by atoms with E-state index in [1.165, 1.54) is 0 Å². The fourth-order valence-electron chi connectivity index (χ4n) is 4.04. The number of benzene rings is 1. The van der Waals surface area contributed by atoms with Gasteiger partial charge in [0.15, 0.2) is 0 Å². The number of hydrogen-bond acceptors (Lipinski definition) is 4. The summed E-state index contributed by atoms with van der Waals surface area (Å²) in [5, 5.41) is 0. The van der Waals surface area contributed by atoms with Gasteiger partial charge in [-0.3, -0.25) is 4.98 Å². The second-order valence-corrected chi connectivity index (χ2v) is 7.77. The first kappa shape index (κ1) is 20.5. The fraction of sp³-hybridized carbons (Fsp3) is 0.391. The second-order valence-electron chi connectivity index (χ2n) is 7.77. The van der Waals surface area contributed by atoms with Crippen molar-refractivity contribution < 1.29 is 18.3 Å². The predicted molar refractivity (Wildman–Crippen MR) is 111 cm³/mol. The molecule has 0 saturated heterocycles. The predicted octanol–water partition coefficient (Wildman–Crippen LogP) is 5.10. The molecular formula is C23H25F2N3O2. The third-order valence-electron chi connectivity index (χ3n) is 5.26. The van der Waals surface area contributed by atoms with Gasteiger partial charge < -0.3 is 14.0 Å². The summed E-state index contributed by atoms with van der Waals surface area (Å²) >= 11 is 0. The number of aromatic nitrogens is 3. The Hall–Kier alpha value is -2.80. The van der Waals surface area contributed by atoms with Crippen molar-refractivity contribution in [3.63, 3.8) is 0 Å². The summed E-state index contributed by atoms with van der Waals surface area (Å²) in [6.45, 7) is 6.21. The normalized spacial score (nSPS) is 16.4. The lowest BCUT2D eigenvalue weighted by molar-refractivity contribution is -0.0502. The minimum absolute atomic E-state index is 0.0514. The maximum Gasteiger partial charge on any atom is 0.387 e. The Morgan fingerprint density at radius 2 is 1.80 bits per heavy atom. The molecule has 0 radical (unpaired) electrons. The minimum Gasteiger partial charge on any atom is -0.435 e. The molecule has 0 amide bonds. The number of fused-ring (bicyclic) bond motifs is 1. The van der Waals surface area contributed by atoms with E-state index in [2.05, 4.69) is 14.3 Å². The number of hydrogen-bond donors (Lipinski definition) is 0. The number of rotatable bonds is 4. The Labute approximate surface area is 174 Å². The largest absolute Gasteiger partial charge is 0.435 e. The number of pyridine rings is 1. The van der Waals surface area contributed by atoms with Crippen LogP contribution in [0.25, 0.3) is 22.6 Å². The van der Waals surface area contributed by atoms with Gasteiger partial charge in [0, 0.05) is 34.6 Å². The van der Waals surface area contributed by atoms with Crippen molar-refractivity contribution in [3.05, 3.63) is 53.0 Å². The molecule has 0 saturated carbocycles. The zero-order valence-electron chi connectivity index (χ0n) is 17.6. The molecule has 0 unspecified atom stereocenters. The topological polar surface area (TPSA) is 49.2 Å². The maximum absolute atomic E-state index is 12.6. The second kappa shape index (κ2) is 8.14. The summed E-state index contributed by atoms with van der Waals surface area (Å²) in [5.74, 6) is 0.977. The van der Waals surface area contributed by atoms with Gasteiger partial charge in [0.25, 0.3) is 0 Å². The van der Waals surface area contributed by atoms with Crippen molar-refractivity contribution in [2.24, 2.45) is 0 Å². The van der Waals surface area contributed by atoms with Gasteiger partial charge in [0.1, 0.15) is 11.6 Å². The summed E-state index contributed by atoms with van der Waals surface area (Å²) in [6.07, 6.45) is 0.800. The highest BCUT2D eigenvalue weighted by atomic mass is 19.3. The van der Waals surface area contributed by atoms with E-state index >= 15 is 0 Å². The maximum atomic E-state index is 12.6. The molecule has 158 valence electrons. The smallest absolute Gasteiger partial charge is 0.387 e. The quantitative estimate of drug-likeness (QED) is 0.597. The molecule has 0 N–H and O–H groups in total. The molecule has 3 aromatic rings. The monoisotopic (exact) mass is 413 g/mol. The number of aryl methyl sites for hydroxylation is 3. The van der Waals surface area contributed by atoms with Crippen LogP contribution in [0.4, 0.5) is 8.78 Å². The van der Waals surface area contributed by atoms with E-state index in [4.69, 9.17) is 9.72 Å². The first-order valence-corrected chi connectivity index (χ1v) is 10.0. The third kappa shape index (κ3) is 4.07. The van der Waals surface area contributed by atoms with Gasteiger partial charge in [-0.05, 0) is 63.6 Å². The molecule has 7 heteroatoms. The fourth-order valence-corrected chi connectivity index (χ4v) is 4.04. The average Bonchev–Trinajstić information content (AvgIpc) is 2.89. The van der Waals surface area contributed by atoms with Crippen LogP contribution in [-0.2, 0) is 17.7 Å². The van der Waals surface area contributed by atoms with Crippen LogP contribution in [0.15, 0.2) is 30.3 Å². The zero-order chi connectivity index (χ0) is 21.4. The van der Waals surface area contributed by atoms with Crippen LogP contribution in [0.1, 0.15) is 29.6 Å². The summed E-state index contributed by atoms with van der Waals surface area (Å²) in [4.78, 5) is 9.49. The van der Waals surface area contributed by atoms with E-state index in [0.717, 1.165) is 46.1 Å². The molecule has 3 heterocycles. The van der Waals surface area contributed by atoms with Gasteiger partial charge in [-0.15, -0.1) is 0 Å². The Bertz CT molecular complexity index is 1060. The number of ether oxygens (including phenoxy) is 2. The highest BCUT2D eigenvalue weighted by molar-refractivity contribution is 5.70. The van der Waals surface area contributed by atoms with Gasteiger partial charge in [0.05, 0.1) is 24.9 Å². The van der Waals surface area contributed by atoms with Crippen molar-refractivity contribution >= 4 is 0 Å². The molecule has 1 atom stereocenters. The zero-order valence-corrected chi connectivity index (χ0v) is 17.6. The summed E-state index contributed by atoms with van der Waals surface area (Å²) in [7, 11) is 0. The Kier molecular flexibility index (Phi) is 5.56. The molecule has 4 rings (SSSR count). The van der Waals surface area contributed by atoms with E-state index in [9.17, 15) is 8.78 Å². The molecule has 0 bridgehead atoms. The Balaban J connectivity index is 1.86. The minimum atomic E-state index is -2.85. The van der Waals surface area contributed by atoms with Crippen LogP contribution in [0.5, 0.6) is 5.75 Å². The van der Waals surface area contributed by atoms with Crippen LogP contribution in [-0.4, -0.2) is 33.9 Å². The van der Waals surface area contributed by atoms with Crippen molar-refractivity contribution in [2.75, 3.05) is 6.61 Å². The van der Waals surface area contributed by atoms with E-state index in [-0.39, 0.29) is 11.9 Å². The molecule has 30 heavy (non-hydrogen) atoms. The van der Waals surface area contributed by atoms with Crippen molar-refractivity contribution in [3.8, 4) is 28.4 Å².